The predicted molar refractivity (Wildman–Crippen MR) is 80.2 cm³/mol. The number of nitrogens with zero attached hydrogens (tertiary/aromatic N) is 2. The van der Waals surface area contributed by atoms with Crippen LogP contribution in [0.1, 0.15) is 37.3 Å². The van der Waals surface area contributed by atoms with E-state index in [0.717, 1.165) is 38.3 Å². The lowest BCUT2D eigenvalue weighted by atomic mass is 9.91. The van der Waals surface area contributed by atoms with E-state index in [1.165, 1.54) is 17.5 Å². The van der Waals surface area contributed by atoms with Gasteiger partial charge in [-0.3, -0.25) is 4.79 Å². The van der Waals surface area contributed by atoms with Gasteiger partial charge in [-0.2, -0.15) is 0 Å². The highest BCUT2D eigenvalue weighted by Crippen LogP contribution is 2.32. The molecule has 4 nitrogen and oxygen atoms in total. The molecule has 1 aromatic heterocycles. The molecule has 4 heteroatoms. The summed E-state index contributed by atoms with van der Waals surface area (Å²) in [6, 6.07) is 2.61. The minimum Gasteiger partial charge on any atom is -0.351 e. The molecule has 2 aliphatic heterocycles. The number of nitrogens with one attached hydrogen (secondary N) is 1. The Labute approximate surface area is 120 Å². The number of hydrogen-bond donors (Lipinski definition) is 1. The van der Waals surface area contributed by atoms with E-state index in [2.05, 4.69) is 22.1 Å². The van der Waals surface area contributed by atoms with Crippen molar-refractivity contribution in [1.29, 1.82) is 0 Å². The maximum absolute atomic E-state index is 11.9. The zero-order chi connectivity index (χ0) is 13.9. The van der Waals surface area contributed by atoms with Gasteiger partial charge in [0.25, 0.3) is 0 Å². The lowest BCUT2D eigenvalue weighted by Crippen LogP contribution is -2.53. The van der Waals surface area contributed by atoms with Gasteiger partial charge >= 0.3 is 0 Å². The number of aromatic nitrogens is 1. The van der Waals surface area contributed by atoms with Gasteiger partial charge in [0.2, 0.25) is 0 Å². The zero-order valence-corrected chi connectivity index (χ0v) is 12.2. The molecule has 1 N–H and O–H groups in total. The molecule has 0 aliphatic carbocycles. The standard InChI is InChI=1S/C16H23N3O/c1-2-3-14(20)10-12-6-7-18-16-15(12)5-4-13-11-17-8-9-19(13)16/h6-7,13,17H,2-5,8-11H2,1H3/t13-/m1/s1. The fourth-order valence-corrected chi connectivity index (χ4v) is 3.39. The van der Waals surface area contributed by atoms with E-state index in [9.17, 15) is 4.79 Å². The maximum Gasteiger partial charge on any atom is 0.137 e. The van der Waals surface area contributed by atoms with Crippen LogP contribution in [0.15, 0.2) is 12.3 Å². The average molecular weight is 273 g/mol. The number of piperazine rings is 1. The van der Waals surface area contributed by atoms with Gasteiger partial charge in [0.1, 0.15) is 11.6 Å². The number of ketones is 1. The van der Waals surface area contributed by atoms with E-state index in [1.807, 2.05) is 12.3 Å². The number of carbonyl (C=O) groups excluding carboxylic acids is 1. The first-order valence-electron chi connectivity index (χ1n) is 7.75. The SMILES string of the molecule is CCCC(=O)Cc1ccnc2c1CC[C@@H]1CNCCN21. The third kappa shape index (κ3) is 2.57. The van der Waals surface area contributed by atoms with Gasteiger partial charge in [0, 0.05) is 44.7 Å². The fourth-order valence-electron chi connectivity index (χ4n) is 3.39. The van der Waals surface area contributed by atoms with Crippen LogP contribution in [0.3, 0.4) is 0 Å². The Morgan fingerprint density at radius 3 is 3.30 bits per heavy atom. The van der Waals surface area contributed by atoms with Crippen LogP contribution < -0.4 is 10.2 Å². The molecule has 0 unspecified atom stereocenters. The van der Waals surface area contributed by atoms with Crippen molar-refractivity contribution in [2.75, 3.05) is 24.5 Å². The van der Waals surface area contributed by atoms with Crippen molar-refractivity contribution in [3.05, 3.63) is 23.4 Å². The summed E-state index contributed by atoms with van der Waals surface area (Å²) in [6.45, 7) is 5.17. The number of carbonyl (C=O) groups is 1. The van der Waals surface area contributed by atoms with Gasteiger partial charge in [0.15, 0.2) is 0 Å². The van der Waals surface area contributed by atoms with Crippen LogP contribution >= 0.6 is 0 Å². The van der Waals surface area contributed by atoms with E-state index < -0.39 is 0 Å². The van der Waals surface area contributed by atoms with E-state index in [-0.39, 0.29) is 0 Å². The Morgan fingerprint density at radius 2 is 2.45 bits per heavy atom. The molecule has 0 radical (unpaired) electrons. The first-order chi connectivity index (χ1) is 9.79. The zero-order valence-electron chi connectivity index (χ0n) is 12.2. The van der Waals surface area contributed by atoms with Gasteiger partial charge in [-0.15, -0.1) is 0 Å². The minimum absolute atomic E-state index is 0.350. The van der Waals surface area contributed by atoms with E-state index in [1.54, 1.807) is 0 Å². The highest BCUT2D eigenvalue weighted by atomic mass is 16.1. The van der Waals surface area contributed by atoms with Crippen LogP contribution in [0, 0.1) is 0 Å². The Hall–Kier alpha value is -1.42. The second-order valence-corrected chi connectivity index (χ2v) is 5.83. The molecule has 0 spiro atoms. The Kier molecular flexibility index (Phi) is 4.01. The molecule has 1 saturated heterocycles. The molecule has 1 fully saturated rings. The van der Waals surface area contributed by atoms with Crippen molar-refractivity contribution in [3.8, 4) is 0 Å². The van der Waals surface area contributed by atoms with Crippen LogP contribution in [0.4, 0.5) is 5.82 Å². The summed E-state index contributed by atoms with van der Waals surface area (Å²) in [5.74, 6) is 1.48. The first-order valence-corrected chi connectivity index (χ1v) is 7.75. The summed E-state index contributed by atoms with van der Waals surface area (Å²) in [5.41, 5.74) is 2.51. The van der Waals surface area contributed by atoms with Crippen molar-refractivity contribution < 1.29 is 4.79 Å². The number of pyridine rings is 1. The maximum atomic E-state index is 11.9. The van der Waals surface area contributed by atoms with Crippen LogP contribution in [0.25, 0.3) is 0 Å². The van der Waals surface area contributed by atoms with Crippen LogP contribution in [-0.2, 0) is 17.6 Å². The minimum atomic E-state index is 0.350. The van der Waals surface area contributed by atoms with Crippen LogP contribution in [-0.4, -0.2) is 36.4 Å². The van der Waals surface area contributed by atoms with Crippen molar-refractivity contribution >= 4 is 11.6 Å². The molecule has 20 heavy (non-hydrogen) atoms. The van der Waals surface area contributed by atoms with E-state index >= 15 is 0 Å². The van der Waals surface area contributed by atoms with Crippen molar-refractivity contribution in [1.82, 2.24) is 10.3 Å². The number of rotatable bonds is 4. The Balaban J connectivity index is 1.86. The Bertz CT molecular complexity index is 500. The smallest absolute Gasteiger partial charge is 0.137 e. The van der Waals surface area contributed by atoms with E-state index in [0.29, 0.717) is 24.7 Å². The molecular formula is C16H23N3O. The molecule has 3 heterocycles. The van der Waals surface area contributed by atoms with Gasteiger partial charge in [-0.1, -0.05) is 6.92 Å². The van der Waals surface area contributed by atoms with Gasteiger partial charge in [-0.25, -0.2) is 4.98 Å². The van der Waals surface area contributed by atoms with Gasteiger partial charge < -0.3 is 10.2 Å². The molecule has 1 aromatic rings. The van der Waals surface area contributed by atoms with Crippen LogP contribution in [0.2, 0.25) is 0 Å². The number of hydrogen-bond acceptors (Lipinski definition) is 4. The summed E-state index contributed by atoms with van der Waals surface area (Å²) >= 11 is 0. The third-order valence-corrected chi connectivity index (χ3v) is 4.40. The monoisotopic (exact) mass is 273 g/mol. The predicted octanol–water partition coefficient (Wildman–Crippen LogP) is 1.72. The quantitative estimate of drug-likeness (QED) is 0.907. The van der Waals surface area contributed by atoms with Crippen LogP contribution in [0.5, 0.6) is 0 Å². The molecule has 0 amide bonds. The third-order valence-electron chi connectivity index (χ3n) is 4.40. The summed E-state index contributed by atoms with van der Waals surface area (Å²) in [6.07, 6.45) is 6.30. The fraction of sp³-hybridized carbons (Fsp3) is 0.625. The van der Waals surface area contributed by atoms with Crippen molar-refractivity contribution in [3.63, 3.8) is 0 Å². The average Bonchev–Trinajstić information content (AvgIpc) is 2.47. The molecule has 3 rings (SSSR count). The highest BCUT2D eigenvalue weighted by molar-refractivity contribution is 5.81. The Morgan fingerprint density at radius 1 is 1.55 bits per heavy atom. The summed E-state index contributed by atoms with van der Waals surface area (Å²) in [5, 5.41) is 3.45. The molecule has 2 aliphatic rings. The first kappa shape index (κ1) is 13.6. The summed E-state index contributed by atoms with van der Waals surface area (Å²) in [4.78, 5) is 19.0. The van der Waals surface area contributed by atoms with Gasteiger partial charge in [0.05, 0.1) is 0 Å². The topological polar surface area (TPSA) is 45.2 Å². The molecular weight excluding hydrogens is 250 g/mol. The second kappa shape index (κ2) is 5.92. The molecule has 108 valence electrons. The van der Waals surface area contributed by atoms with E-state index in [4.69, 9.17) is 0 Å². The number of fused-ring (bicyclic) bond motifs is 3. The molecule has 0 saturated carbocycles. The van der Waals surface area contributed by atoms with Crippen molar-refractivity contribution in [2.24, 2.45) is 0 Å². The molecule has 0 bridgehead atoms. The summed E-state index contributed by atoms with van der Waals surface area (Å²) < 4.78 is 0. The van der Waals surface area contributed by atoms with Crippen molar-refractivity contribution in [2.45, 2.75) is 45.1 Å². The number of Topliss-reactive ketones (excluding diaryl/α,β-unsaturated/α-hetero) is 1. The molecule has 1 atom stereocenters. The largest absolute Gasteiger partial charge is 0.351 e. The normalized spacial score (nSPS) is 21.2. The lowest BCUT2D eigenvalue weighted by molar-refractivity contribution is -0.118. The second-order valence-electron chi connectivity index (χ2n) is 5.83. The highest BCUT2D eigenvalue weighted by Gasteiger charge is 2.30. The molecule has 0 aromatic carbocycles. The van der Waals surface area contributed by atoms with Gasteiger partial charge in [-0.05, 0) is 36.5 Å². The summed E-state index contributed by atoms with van der Waals surface area (Å²) in [7, 11) is 0. The number of anilines is 1. The lowest BCUT2D eigenvalue weighted by Gasteiger charge is -2.41.